The van der Waals surface area contributed by atoms with Gasteiger partial charge in [0.25, 0.3) is 5.91 Å². The Kier molecular flexibility index (Phi) is 6.45. The second-order valence-corrected chi connectivity index (χ2v) is 4.70. The third-order valence-electron chi connectivity index (χ3n) is 2.72. The summed E-state index contributed by atoms with van der Waals surface area (Å²) in [5.41, 5.74) is 0.162. The number of hydrogen-bond acceptors (Lipinski definition) is 3. The minimum absolute atomic E-state index is 0.0637. The molecule has 1 N–H and O–H groups in total. The van der Waals surface area contributed by atoms with Crippen LogP contribution in [0.25, 0.3) is 0 Å². The van der Waals surface area contributed by atoms with Crippen LogP contribution in [0, 0.1) is 0 Å². The smallest absolute Gasteiger partial charge is 0.370 e. The van der Waals surface area contributed by atoms with Crippen LogP contribution < -0.4 is 5.32 Å². The molecule has 0 aliphatic heterocycles. The number of halogens is 3. The predicted octanol–water partition coefficient (Wildman–Crippen LogP) is 3.32. The van der Waals surface area contributed by atoms with Crippen LogP contribution in [-0.2, 0) is 0 Å². The van der Waals surface area contributed by atoms with Gasteiger partial charge in [0.05, 0.1) is 5.56 Å². The van der Waals surface area contributed by atoms with Crippen molar-refractivity contribution >= 4 is 11.7 Å². The number of nitrogens with one attached hydrogen (secondary N) is 1. The zero-order chi connectivity index (χ0) is 15.9. The molecular formula is C14H20F3N3O. The Hall–Kier alpha value is -1.79. The number of anilines is 1. The highest BCUT2D eigenvalue weighted by Gasteiger charge is 2.33. The van der Waals surface area contributed by atoms with E-state index in [1.807, 2.05) is 6.92 Å². The quantitative estimate of drug-likeness (QED) is 0.840. The average molecular weight is 303 g/mol. The van der Waals surface area contributed by atoms with Crippen molar-refractivity contribution in [2.24, 2.45) is 0 Å². The fourth-order valence-electron chi connectivity index (χ4n) is 1.80. The van der Waals surface area contributed by atoms with Gasteiger partial charge in [0.15, 0.2) is 0 Å². The number of carbonyl (C=O) groups excluding carboxylic acids is 1. The first-order chi connectivity index (χ1) is 9.87. The lowest BCUT2D eigenvalue weighted by Crippen LogP contribution is -2.39. The normalized spacial score (nSPS) is 11.3. The van der Waals surface area contributed by atoms with Crippen molar-refractivity contribution in [2.75, 3.05) is 25.0 Å². The summed E-state index contributed by atoms with van der Waals surface area (Å²) < 4.78 is 37.5. The Morgan fingerprint density at radius 2 is 2.00 bits per heavy atom. The third kappa shape index (κ3) is 6.01. The van der Waals surface area contributed by atoms with Crippen LogP contribution >= 0.6 is 0 Å². The molecule has 0 saturated carbocycles. The molecule has 1 amide bonds. The highest BCUT2D eigenvalue weighted by Crippen LogP contribution is 2.18. The molecular weight excluding hydrogens is 283 g/mol. The van der Waals surface area contributed by atoms with E-state index < -0.39 is 18.6 Å². The molecule has 21 heavy (non-hydrogen) atoms. The summed E-state index contributed by atoms with van der Waals surface area (Å²) >= 11 is 0. The topological polar surface area (TPSA) is 45.2 Å². The van der Waals surface area contributed by atoms with Gasteiger partial charge in [-0.3, -0.25) is 4.79 Å². The summed E-state index contributed by atoms with van der Waals surface area (Å²) in [6.45, 7) is 3.30. The maximum atomic E-state index is 12.5. The molecule has 0 unspecified atom stereocenters. The second kappa shape index (κ2) is 7.85. The Bertz CT molecular complexity index is 446. The Labute approximate surface area is 122 Å². The van der Waals surface area contributed by atoms with Gasteiger partial charge in [-0.15, -0.1) is 0 Å². The molecule has 1 heterocycles. The van der Waals surface area contributed by atoms with Crippen LogP contribution in [0.1, 0.15) is 37.0 Å². The number of rotatable bonds is 7. The summed E-state index contributed by atoms with van der Waals surface area (Å²) in [6, 6.07) is 3.09. The first kappa shape index (κ1) is 17.3. The first-order valence-corrected chi connectivity index (χ1v) is 6.93. The van der Waals surface area contributed by atoms with Gasteiger partial charge in [0, 0.05) is 19.3 Å². The number of alkyl halides is 3. The summed E-state index contributed by atoms with van der Waals surface area (Å²) in [4.78, 5) is 16.9. The molecule has 0 radical (unpaired) electrons. The van der Waals surface area contributed by atoms with Crippen LogP contribution in [0.2, 0.25) is 0 Å². The highest BCUT2D eigenvalue weighted by molar-refractivity contribution is 5.94. The molecule has 118 valence electrons. The van der Waals surface area contributed by atoms with E-state index in [4.69, 9.17) is 0 Å². The van der Waals surface area contributed by atoms with Crippen LogP contribution in [0.4, 0.5) is 19.0 Å². The number of carbonyl (C=O) groups is 1. The molecule has 1 rings (SSSR count). The number of nitrogens with zero attached hydrogens (tertiary/aromatic N) is 2. The van der Waals surface area contributed by atoms with Crippen LogP contribution in [0.15, 0.2) is 18.3 Å². The zero-order valence-electron chi connectivity index (χ0n) is 12.2. The summed E-state index contributed by atoms with van der Waals surface area (Å²) in [7, 11) is 0. The highest BCUT2D eigenvalue weighted by atomic mass is 19.4. The van der Waals surface area contributed by atoms with Crippen molar-refractivity contribution < 1.29 is 18.0 Å². The molecule has 7 heteroatoms. The minimum Gasteiger partial charge on any atom is -0.370 e. The van der Waals surface area contributed by atoms with E-state index in [1.165, 1.54) is 12.3 Å². The number of pyridine rings is 1. The van der Waals surface area contributed by atoms with E-state index in [0.717, 1.165) is 17.9 Å². The fraction of sp³-hybridized carbons (Fsp3) is 0.571. The SMILES string of the molecule is CCCNc1ccc(C(=O)N(CCC)CC(F)(F)F)cn1. The summed E-state index contributed by atoms with van der Waals surface area (Å²) in [5.74, 6) is -0.0463. The predicted molar refractivity (Wildman–Crippen MR) is 75.3 cm³/mol. The fourth-order valence-corrected chi connectivity index (χ4v) is 1.80. The van der Waals surface area contributed by atoms with Crippen molar-refractivity contribution in [2.45, 2.75) is 32.9 Å². The van der Waals surface area contributed by atoms with Gasteiger partial charge in [0.1, 0.15) is 12.4 Å². The maximum absolute atomic E-state index is 12.5. The van der Waals surface area contributed by atoms with E-state index in [9.17, 15) is 18.0 Å². The van der Waals surface area contributed by atoms with E-state index >= 15 is 0 Å². The molecule has 0 aliphatic carbocycles. The van der Waals surface area contributed by atoms with Gasteiger partial charge in [0.2, 0.25) is 0 Å². The van der Waals surface area contributed by atoms with Gasteiger partial charge in [-0.2, -0.15) is 13.2 Å². The number of hydrogen-bond donors (Lipinski definition) is 1. The van der Waals surface area contributed by atoms with Crippen molar-refractivity contribution in [3.8, 4) is 0 Å². The Morgan fingerprint density at radius 3 is 2.48 bits per heavy atom. The summed E-state index contributed by atoms with van der Waals surface area (Å²) in [6.07, 6.45) is -1.70. The standard InChI is InChI=1S/C14H20F3N3O/c1-3-7-18-12-6-5-11(9-19-12)13(21)20(8-4-2)10-14(15,16)17/h5-6,9H,3-4,7-8,10H2,1-2H3,(H,18,19). The van der Waals surface area contributed by atoms with Gasteiger partial charge < -0.3 is 10.2 Å². The lowest BCUT2D eigenvalue weighted by molar-refractivity contribution is -0.140. The monoisotopic (exact) mass is 303 g/mol. The van der Waals surface area contributed by atoms with Gasteiger partial charge >= 0.3 is 6.18 Å². The lowest BCUT2D eigenvalue weighted by atomic mass is 10.2. The molecule has 0 spiro atoms. The summed E-state index contributed by atoms with van der Waals surface area (Å²) in [5, 5.41) is 3.04. The lowest BCUT2D eigenvalue weighted by Gasteiger charge is -2.23. The maximum Gasteiger partial charge on any atom is 0.406 e. The van der Waals surface area contributed by atoms with Gasteiger partial charge in [-0.25, -0.2) is 4.98 Å². The van der Waals surface area contributed by atoms with Crippen LogP contribution in [0.3, 0.4) is 0 Å². The van der Waals surface area contributed by atoms with E-state index in [1.54, 1.807) is 13.0 Å². The minimum atomic E-state index is -4.40. The second-order valence-electron chi connectivity index (χ2n) is 4.70. The van der Waals surface area contributed by atoms with E-state index in [0.29, 0.717) is 12.2 Å². The van der Waals surface area contributed by atoms with Crippen molar-refractivity contribution in [3.05, 3.63) is 23.9 Å². The molecule has 0 atom stereocenters. The zero-order valence-corrected chi connectivity index (χ0v) is 12.2. The Morgan fingerprint density at radius 1 is 1.29 bits per heavy atom. The molecule has 1 aromatic rings. The van der Waals surface area contributed by atoms with Crippen molar-refractivity contribution in [1.29, 1.82) is 0 Å². The molecule has 0 aromatic carbocycles. The van der Waals surface area contributed by atoms with Gasteiger partial charge in [-0.1, -0.05) is 13.8 Å². The third-order valence-corrected chi connectivity index (χ3v) is 2.72. The molecule has 0 aliphatic rings. The van der Waals surface area contributed by atoms with E-state index in [2.05, 4.69) is 10.3 Å². The Balaban J connectivity index is 2.78. The largest absolute Gasteiger partial charge is 0.406 e. The first-order valence-electron chi connectivity index (χ1n) is 6.93. The molecule has 4 nitrogen and oxygen atoms in total. The van der Waals surface area contributed by atoms with Crippen LogP contribution in [0.5, 0.6) is 0 Å². The molecule has 1 aromatic heterocycles. The average Bonchev–Trinajstić information content (AvgIpc) is 2.43. The number of amides is 1. The van der Waals surface area contributed by atoms with Gasteiger partial charge in [-0.05, 0) is 25.0 Å². The van der Waals surface area contributed by atoms with Crippen molar-refractivity contribution in [3.63, 3.8) is 0 Å². The number of aromatic nitrogens is 1. The van der Waals surface area contributed by atoms with Crippen molar-refractivity contribution in [1.82, 2.24) is 9.88 Å². The van der Waals surface area contributed by atoms with E-state index in [-0.39, 0.29) is 12.1 Å². The molecule has 0 saturated heterocycles. The van der Waals surface area contributed by atoms with Crippen LogP contribution in [-0.4, -0.2) is 41.6 Å². The molecule has 0 bridgehead atoms. The molecule has 0 fully saturated rings.